The summed E-state index contributed by atoms with van der Waals surface area (Å²) in [4.78, 5) is 21.8. The number of nitrogens with one attached hydrogen (secondary N) is 2. The molecule has 117 valence electrons. The van der Waals surface area contributed by atoms with Crippen LogP contribution in [0.25, 0.3) is 0 Å². The van der Waals surface area contributed by atoms with Gasteiger partial charge < -0.3 is 25.2 Å². The van der Waals surface area contributed by atoms with Gasteiger partial charge in [0.15, 0.2) is 0 Å². The van der Waals surface area contributed by atoms with Crippen LogP contribution in [0.15, 0.2) is 0 Å². The maximum atomic E-state index is 11.2. The SMILES string of the molecule is CC(C)C(=O)NCCOCCOCCNC(=O)CO.[V]. The Labute approximate surface area is 131 Å². The van der Waals surface area contributed by atoms with E-state index in [0.29, 0.717) is 39.5 Å². The van der Waals surface area contributed by atoms with E-state index in [1.54, 1.807) is 0 Å². The second-order valence-corrected chi connectivity index (χ2v) is 4.18. The van der Waals surface area contributed by atoms with E-state index in [4.69, 9.17) is 14.6 Å². The second kappa shape index (κ2) is 14.8. The fourth-order valence-electron chi connectivity index (χ4n) is 1.09. The van der Waals surface area contributed by atoms with Gasteiger partial charge in [0.25, 0.3) is 0 Å². The Morgan fingerprint density at radius 1 is 1.00 bits per heavy atom. The molecule has 2 amide bonds. The van der Waals surface area contributed by atoms with Crippen LogP contribution in [0.4, 0.5) is 0 Å². The molecule has 0 atom stereocenters. The number of hydrogen-bond donors (Lipinski definition) is 3. The van der Waals surface area contributed by atoms with Gasteiger partial charge in [0.1, 0.15) is 6.61 Å². The van der Waals surface area contributed by atoms with E-state index in [-0.39, 0.29) is 30.4 Å². The fraction of sp³-hybridized carbons (Fsp3) is 0.833. The Morgan fingerprint density at radius 3 is 1.95 bits per heavy atom. The zero-order valence-corrected chi connectivity index (χ0v) is 13.5. The number of rotatable bonds is 11. The maximum Gasteiger partial charge on any atom is 0.245 e. The van der Waals surface area contributed by atoms with Crippen LogP contribution < -0.4 is 10.6 Å². The molecule has 0 aliphatic rings. The molecule has 0 heterocycles. The normalized spacial score (nSPS) is 10.0. The van der Waals surface area contributed by atoms with Gasteiger partial charge in [-0.25, -0.2) is 0 Å². The number of carbonyl (C=O) groups excluding carboxylic acids is 2. The predicted molar refractivity (Wildman–Crippen MR) is 69.6 cm³/mol. The monoisotopic (exact) mass is 327 g/mol. The van der Waals surface area contributed by atoms with E-state index in [1.165, 1.54) is 0 Å². The van der Waals surface area contributed by atoms with Crippen molar-refractivity contribution in [2.75, 3.05) is 46.1 Å². The fourth-order valence-corrected chi connectivity index (χ4v) is 1.09. The average Bonchev–Trinajstić information content (AvgIpc) is 2.39. The minimum Gasteiger partial charge on any atom is -0.387 e. The van der Waals surface area contributed by atoms with Crippen LogP contribution in [-0.2, 0) is 37.6 Å². The molecule has 7 nitrogen and oxygen atoms in total. The molecule has 0 aliphatic carbocycles. The Morgan fingerprint density at radius 2 is 1.50 bits per heavy atom. The summed E-state index contributed by atoms with van der Waals surface area (Å²) in [6, 6.07) is 0. The van der Waals surface area contributed by atoms with E-state index >= 15 is 0 Å². The molecule has 0 aromatic rings. The third kappa shape index (κ3) is 13.8. The molecule has 0 bridgehead atoms. The van der Waals surface area contributed by atoms with Gasteiger partial charge in [-0.05, 0) is 0 Å². The zero-order valence-electron chi connectivity index (χ0n) is 12.1. The summed E-state index contributed by atoms with van der Waals surface area (Å²) in [5, 5.41) is 13.6. The predicted octanol–water partition coefficient (Wildman–Crippen LogP) is -1.10. The van der Waals surface area contributed by atoms with E-state index in [2.05, 4.69) is 10.6 Å². The minimum atomic E-state index is -0.509. The molecule has 20 heavy (non-hydrogen) atoms. The molecule has 0 aromatic heterocycles. The van der Waals surface area contributed by atoms with E-state index in [1.807, 2.05) is 13.8 Å². The van der Waals surface area contributed by atoms with Gasteiger partial charge in [0.2, 0.25) is 11.8 Å². The third-order valence-electron chi connectivity index (χ3n) is 2.15. The molecule has 0 unspecified atom stereocenters. The van der Waals surface area contributed by atoms with Gasteiger partial charge in [-0.1, -0.05) is 13.8 Å². The van der Waals surface area contributed by atoms with Crippen LogP contribution >= 0.6 is 0 Å². The quantitative estimate of drug-likeness (QED) is 0.419. The molecule has 0 aromatic carbocycles. The van der Waals surface area contributed by atoms with Gasteiger partial charge in [0, 0.05) is 37.6 Å². The Bertz CT molecular complexity index is 264. The third-order valence-corrected chi connectivity index (χ3v) is 2.15. The first-order valence-electron chi connectivity index (χ1n) is 6.38. The van der Waals surface area contributed by atoms with Crippen molar-refractivity contribution >= 4 is 11.8 Å². The summed E-state index contributed by atoms with van der Waals surface area (Å²) in [6.07, 6.45) is 0. The molecule has 0 spiro atoms. The molecular formula is C12H24N2O5V. The maximum absolute atomic E-state index is 11.2. The summed E-state index contributed by atoms with van der Waals surface area (Å²) in [5.74, 6) is -0.419. The largest absolute Gasteiger partial charge is 0.387 e. The Balaban J connectivity index is 0. The number of amides is 2. The summed E-state index contributed by atoms with van der Waals surface area (Å²) in [7, 11) is 0. The van der Waals surface area contributed by atoms with Crippen LogP contribution in [-0.4, -0.2) is 63.0 Å². The van der Waals surface area contributed by atoms with Crippen LogP contribution in [0.1, 0.15) is 13.8 Å². The number of aliphatic hydroxyl groups is 1. The first-order chi connectivity index (χ1) is 9.07. The van der Waals surface area contributed by atoms with Crippen molar-refractivity contribution in [2.45, 2.75) is 13.8 Å². The van der Waals surface area contributed by atoms with Crippen LogP contribution in [0.5, 0.6) is 0 Å². The number of hydrogen-bond acceptors (Lipinski definition) is 5. The zero-order chi connectivity index (χ0) is 14.5. The van der Waals surface area contributed by atoms with Crippen LogP contribution in [0.2, 0.25) is 0 Å². The van der Waals surface area contributed by atoms with Gasteiger partial charge in [-0.2, -0.15) is 0 Å². The molecule has 8 heteroatoms. The molecule has 0 rings (SSSR count). The van der Waals surface area contributed by atoms with Crippen molar-refractivity contribution in [1.29, 1.82) is 0 Å². The molecule has 3 N–H and O–H groups in total. The van der Waals surface area contributed by atoms with E-state index < -0.39 is 12.5 Å². The van der Waals surface area contributed by atoms with Crippen molar-refractivity contribution in [1.82, 2.24) is 10.6 Å². The summed E-state index contributed by atoms with van der Waals surface area (Å²) in [5.41, 5.74) is 0. The summed E-state index contributed by atoms with van der Waals surface area (Å²) in [6.45, 7) is 5.69. The van der Waals surface area contributed by atoms with E-state index in [0.717, 1.165) is 0 Å². The smallest absolute Gasteiger partial charge is 0.245 e. The van der Waals surface area contributed by atoms with Crippen molar-refractivity contribution in [3.05, 3.63) is 0 Å². The van der Waals surface area contributed by atoms with Gasteiger partial charge in [-0.15, -0.1) is 0 Å². The number of aliphatic hydroxyl groups excluding tert-OH is 1. The first kappa shape index (κ1) is 21.7. The van der Waals surface area contributed by atoms with Gasteiger partial charge in [-0.3, -0.25) is 9.59 Å². The summed E-state index contributed by atoms with van der Waals surface area (Å²) >= 11 is 0. The Hall–Kier alpha value is -0.596. The Kier molecular flexibility index (Phi) is 16.1. The van der Waals surface area contributed by atoms with Crippen molar-refractivity contribution < 1.29 is 42.7 Å². The van der Waals surface area contributed by atoms with Crippen molar-refractivity contribution in [2.24, 2.45) is 5.92 Å². The van der Waals surface area contributed by atoms with E-state index in [9.17, 15) is 9.59 Å². The first-order valence-corrected chi connectivity index (χ1v) is 6.38. The number of ether oxygens (including phenoxy) is 2. The van der Waals surface area contributed by atoms with Crippen LogP contribution in [0.3, 0.4) is 0 Å². The van der Waals surface area contributed by atoms with Crippen molar-refractivity contribution in [3.63, 3.8) is 0 Å². The number of carbonyl (C=O) groups is 2. The van der Waals surface area contributed by atoms with Gasteiger partial charge in [0.05, 0.1) is 26.4 Å². The topological polar surface area (TPSA) is 96.9 Å². The van der Waals surface area contributed by atoms with Crippen molar-refractivity contribution in [3.8, 4) is 0 Å². The molecule has 0 saturated carbocycles. The van der Waals surface area contributed by atoms with Crippen LogP contribution in [0, 0.1) is 5.92 Å². The average molecular weight is 327 g/mol. The molecular weight excluding hydrogens is 303 g/mol. The molecule has 0 saturated heterocycles. The minimum absolute atomic E-state index is 0. The molecule has 0 fully saturated rings. The summed E-state index contributed by atoms with van der Waals surface area (Å²) < 4.78 is 10.4. The molecule has 1 radical (unpaired) electrons. The molecule has 0 aliphatic heterocycles. The second-order valence-electron chi connectivity index (χ2n) is 4.18. The van der Waals surface area contributed by atoms with Gasteiger partial charge >= 0.3 is 0 Å². The standard InChI is InChI=1S/C12H24N2O5.V/c1-10(2)12(17)14-4-6-19-8-7-18-5-3-13-11(16)9-15;/h10,15H,3-9H2,1-2H3,(H,13,16)(H,14,17);.